The summed E-state index contributed by atoms with van der Waals surface area (Å²) in [5, 5.41) is 17.4. The van der Waals surface area contributed by atoms with Gasteiger partial charge in [-0.05, 0) is 61.4 Å². The van der Waals surface area contributed by atoms with Crippen LogP contribution in [0.5, 0.6) is 17.2 Å². The topological polar surface area (TPSA) is 112 Å². The van der Waals surface area contributed by atoms with Crippen LogP contribution in [-0.2, 0) is 17.8 Å². The first-order valence-electron chi connectivity index (χ1n) is 13.6. The van der Waals surface area contributed by atoms with Gasteiger partial charge in [-0.2, -0.15) is 0 Å². The third-order valence-electron chi connectivity index (χ3n) is 6.97. The summed E-state index contributed by atoms with van der Waals surface area (Å²) in [6, 6.07) is 5.32. The number of halogens is 1. The van der Waals surface area contributed by atoms with E-state index in [0.29, 0.717) is 24.2 Å². The molecule has 2 N–H and O–H groups in total. The Balaban J connectivity index is 1.82. The number of methoxy groups -OCH3 is 2. The number of fused-ring (bicyclic) bond motifs is 1. The van der Waals surface area contributed by atoms with Crippen LogP contribution in [0.2, 0.25) is 0 Å². The van der Waals surface area contributed by atoms with Gasteiger partial charge in [0.05, 0.1) is 38.6 Å². The monoisotopic (exact) mass is 557 g/mol. The number of carboxylic acid groups (broad SMARTS) is 1. The van der Waals surface area contributed by atoms with Gasteiger partial charge in [-0.15, -0.1) is 0 Å². The lowest BCUT2D eigenvalue weighted by atomic mass is 9.99. The molecule has 0 aromatic heterocycles. The van der Waals surface area contributed by atoms with Crippen molar-refractivity contribution in [1.29, 1.82) is 5.41 Å². The Hall–Kier alpha value is -3.82. The summed E-state index contributed by atoms with van der Waals surface area (Å²) in [7, 11) is 6.56. The number of carbonyl (C=O) groups excluding carboxylic acids is 1. The maximum atomic E-state index is 15.2. The fraction of sp³-hybridized carbons (Fsp3) is 0.500. The number of carboxylic acids is 1. The predicted octanol–water partition coefficient (Wildman–Crippen LogP) is 5.30. The van der Waals surface area contributed by atoms with Gasteiger partial charge in [0.1, 0.15) is 11.6 Å². The lowest BCUT2D eigenvalue weighted by Gasteiger charge is -2.23. The average molecular weight is 558 g/mol. The van der Waals surface area contributed by atoms with Crippen LogP contribution < -0.4 is 19.1 Å². The molecule has 40 heavy (non-hydrogen) atoms. The first kappa shape index (κ1) is 30.7. The lowest BCUT2D eigenvalue weighted by molar-refractivity contribution is -0.137. The van der Waals surface area contributed by atoms with Gasteiger partial charge in [-0.25, -0.2) is 4.39 Å². The summed E-state index contributed by atoms with van der Waals surface area (Å²) in [5.41, 5.74) is 2.90. The van der Waals surface area contributed by atoms with Gasteiger partial charge in [0.2, 0.25) is 0 Å². The predicted molar refractivity (Wildman–Crippen MR) is 152 cm³/mol. The number of rotatable bonds is 16. The van der Waals surface area contributed by atoms with E-state index in [9.17, 15) is 9.59 Å². The van der Waals surface area contributed by atoms with E-state index >= 15 is 4.39 Å². The second-order valence-electron chi connectivity index (χ2n) is 10.1. The van der Waals surface area contributed by atoms with Crippen molar-refractivity contribution in [3.8, 4) is 17.2 Å². The van der Waals surface area contributed by atoms with Gasteiger partial charge in [0.25, 0.3) is 0 Å². The third kappa shape index (κ3) is 7.03. The Morgan fingerprint density at radius 3 is 2.45 bits per heavy atom. The van der Waals surface area contributed by atoms with Gasteiger partial charge in [0, 0.05) is 32.6 Å². The summed E-state index contributed by atoms with van der Waals surface area (Å²) < 4.78 is 31.8. The molecule has 0 bridgehead atoms. The number of aryl methyl sites for hydroxylation is 1. The largest absolute Gasteiger partial charge is 0.493 e. The number of benzene rings is 2. The summed E-state index contributed by atoms with van der Waals surface area (Å²) in [4.78, 5) is 27.8. The molecule has 0 saturated carbocycles. The molecule has 0 amide bonds. The van der Waals surface area contributed by atoms with Crippen LogP contribution in [0, 0.1) is 11.2 Å². The fourth-order valence-corrected chi connectivity index (χ4v) is 4.84. The highest BCUT2D eigenvalue weighted by Crippen LogP contribution is 2.39. The van der Waals surface area contributed by atoms with Crippen LogP contribution in [0.1, 0.15) is 72.5 Å². The maximum absolute atomic E-state index is 15.2. The molecular weight excluding hydrogens is 517 g/mol. The molecule has 0 radical (unpaired) electrons. The Morgan fingerprint density at radius 2 is 1.82 bits per heavy atom. The number of nitrogens with one attached hydrogen (secondary N) is 1. The minimum absolute atomic E-state index is 0.0622. The number of ether oxygens (including phenoxy) is 3. The summed E-state index contributed by atoms with van der Waals surface area (Å²) >= 11 is 0. The van der Waals surface area contributed by atoms with Crippen LogP contribution in [0.15, 0.2) is 18.2 Å². The van der Waals surface area contributed by atoms with Crippen molar-refractivity contribution in [2.45, 2.75) is 58.4 Å². The maximum Gasteiger partial charge on any atom is 0.303 e. The highest BCUT2D eigenvalue weighted by molar-refractivity contribution is 6.06. The summed E-state index contributed by atoms with van der Waals surface area (Å²) in [6.07, 6.45) is 4.89. The molecule has 3 rings (SSSR count). The summed E-state index contributed by atoms with van der Waals surface area (Å²) in [6.45, 7) is 2.68. The van der Waals surface area contributed by atoms with E-state index in [-0.39, 0.29) is 48.2 Å². The van der Waals surface area contributed by atoms with Gasteiger partial charge in [-0.3, -0.25) is 15.0 Å². The fourth-order valence-electron chi connectivity index (χ4n) is 4.84. The third-order valence-corrected chi connectivity index (χ3v) is 6.97. The number of carbonyl (C=O) groups is 2. The molecule has 2 aromatic rings. The van der Waals surface area contributed by atoms with Gasteiger partial charge in [0.15, 0.2) is 23.1 Å². The number of anilines is 1. The molecule has 0 aliphatic carbocycles. The number of unbranched alkanes of at least 4 members (excludes halogenated alkanes) is 3. The molecule has 1 aliphatic rings. The van der Waals surface area contributed by atoms with Crippen LogP contribution in [0.25, 0.3) is 0 Å². The number of nitrogens with zero attached hydrogens (tertiary/aromatic N) is 2. The minimum Gasteiger partial charge on any atom is -0.493 e. The summed E-state index contributed by atoms with van der Waals surface area (Å²) in [5.74, 6) is -0.799. The van der Waals surface area contributed by atoms with Crippen molar-refractivity contribution in [3.63, 3.8) is 0 Å². The quantitative estimate of drug-likeness (QED) is 0.211. The molecular formula is C30H40FN3O6. The van der Waals surface area contributed by atoms with Crippen molar-refractivity contribution in [3.05, 3.63) is 46.3 Å². The number of aliphatic carboxylic acids is 1. The zero-order chi connectivity index (χ0) is 29.4. The SMILES string of the molecule is CCCCc1cc(C(=O)CN2Cc3cc(OC)c(OC)c(F)c3C2=N)cc(N(C)C)c1OCCCCCC(=O)O. The first-order chi connectivity index (χ1) is 19.1. The lowest BCUT2D eigenvalue weighted by Crippen LogP contribution is -2.30. The van der Waals surface area contributed by atoms with E-state index in [1.54, 1.807) is 17.0 Å². The van der Waals surface area contributed by atoms with Crippen molar-refractivity contribution in [2.24, 2.45) is 0 Å². The van der Waals surface area contributed by atoms with E-state index in [4.69, 9.17) is 24.7 Å². The van der Waals surface area contributed by atoms with Crippen molar-refractivity contribution < 1.29 is 33.3 Å². The molecule has 0 spiro atoms. The Labute approximate surface area is 235 Å². The normalized spacial score (nSPS) is 12.3. The number of amidine groups is 1. The van der Waals surface area contributed by atoms with Gasteiger partial charge in [-0.1, -0.05) is 13.3 Å². The minimum atomic E-state index is -0.796. The van der Waals surface area contributed by atoms with Crippen LogP contribution in [0.4, 0.5) is 10.1 Å². The highest BCUT2D eigenvalue weighted by atomic mass is 19.1. The van der Waals surface area contributed by atoms with Crippen LogP contribution in [0.3, 0.4) is 0 Å². The van der Waals surface area contributed by atoms with Crippen molar-refractivity contribution in [2.75, 3.05) is 46.4 Å². The Kier molecular flexibility index (Phi) is 10.8. The van der Waals surface area contributed by atoms with E-state index in [1.165, 1.54) is 14.2 Å². The van der Waals surface area contributed by atoms with Crippen molar-refractivity contribution >= 4 is 23.3 Å². The smallest absolute Gasteiger partial charge is 0.303 e. The highest BCUT2D eigenvalue weighted by Gasteiger charge is 2.33. The van der Waals surface area contributed by atoms with Crippen LogP contribution in [-0.4, -0.2) is 69.1 Å². The average Bonchev–Trinajstić information content (AvgIpc) is 3.23. The molecule has 1 heterocycles. The van der Waals surface area contributed by atoms with Gasteiger partial charge >= 0.3 is 5.97 Å². The van der Waals surface area contributed by atoms with E-state index in [1.807, 2.05) is 25.1 Å². The Morgan fingerprint density at radius 1 is 1.07 bits per heavy atom. The molecule has 0 atom stereocenters. The zero-order valence-corrected chi connectivity index (χ0v) is 24.1. The van der Waals surface area contributed by atoms with E-state index in [2.05, 4.69) is 6.92 Å². The van der Waals surface area contributed by atoms with Crippen molar-refractivity contribution in [1.82, 2.24) is 4.90 Å². The standard InChI is InChI=1S/C30H40FN3O6/c1-6-7-11-19-14-20(15-22(33(2)3)28(19)40-13-10-8-9-12-25(36)37)23(35)18-34-17-21-16-24(38-4)29(39-5)27(31)26(21)30(34)32/h14-16,32H,6-13,17-18H2,1-5H3,(H,36,37). The molecule has 0 fully saturated rings. The van der Waals surface area contributed by atoms with E-state index in [0.717, 1.165) is 49.1 Å². The molecule has 0 saturated heterocycles. The van der Waals surface area contributed by atoms with Gasteiger partial charge < -0.3 is 29.1 Å². The molecule has 1 aliphatic heterocycles. The van der Waals surface area contributed by atoms with Crippen LogP contribution >= 0.6 is 0 Å². The molecule has 2 aromatic carbocycles. The Bertz CT molecular complexity index is 1250. The molecule has 10 heteroatoms. The van der Waals surface area contributed by atoms with E-state index < -0.39 is 11.8 Å². The molecule has 218 valence electrons. The zero-order valence-electron chi connectivity index (χ0n) is 24.1. The first-order valence-corrected chi connectivity index (χ1v) is 13.6. The number of ketones is 1. The molecule has 0 unspecified atom stereocenters. The number of hydrogen-bond acceptors (Lipinski definition) is 7. The number of Topliss-reactive ketones (excluding diaryl/α,β-unsaturated/α-hetero) is 1. The second kappa shape index (κ2) is 14.0. The molecule has 9 nitrogen and oxygen atoms in total. The second-order valence-corrected chi connectivity index (χ2v) is 10.1. The number of hydrogen-bond donors (Lipinski definition) is 2.